The van der Waals surface area contributed by atoms with E-state index in [0.717, 1.165) is 13.0 Å². The van der Waals surface area contributed by atoms with Gasteiger partial charge in [-0.05, 0) is 12.0 Å². The number of nitrogens with one attached hydrogen (secondary N) is 1. The molecule has 13 heavy (non-hydrogen) atoms. The van der Waals surface area contributed by atoms with E-state index < -0.39 is 0 Å². The molecule has 3 N–H and O–H groups in total. The number of rotatable bonds is 2. The molecule has 0 aromatic heterocycles. The SMILES string of the molecule is NC1=NC(Cc2ccccc2)CN1. The minimum Gasteiger partial charge on any atom is -0.370 e. The van der Waals surface area contributed by atoms with E-state index in [9.17, 15) is 0 Å². The molecule has 0 bridgehead atoms. The molecule has 1 heterocycles. The van der Waals surface area contributed by atoms with Gasteiger partial charge in [0.1, 0.15) is 0 Å². The molecule has 0 saturated carbocycles. The molecule has 1 atom stereocenters. The molecule has 1 aliphatic heterocycles. The average Bonchev–Trinajstić information content (AvgIpc) is 2.53. The number of hydrogen-bond donors (Lipinski definition) is 2. The van der Waals surface area contributed by atoms with Crippen LogP contribution in [0.4, 0.5) is 0 Å². The quantitative estimate of drug-likeness (QED) is 0.688. The largest absolute Gasteiger partial charge is 0.370 e. The van der Waals surface area contributed by atoms with Gasteiger partial charge < -0.3 is 11.1 Å². The van der Waals surface area contributed by atoms with Crippen LogP contribution in [0, 0.1) is 0 Å². The van der Waals surface area contributed by atoms with Crippen LogP contribution in [0.15, 0.2) is 35.3 Å². The molecular weight excluding hydrogens is 162 g/mol. The standard InChI is InChI=1S/C10H13N3/c11-10-12-7-9(13-10)6-8-4-2-1-3-5-8/h1-5,9H,6-7H2,(H3,11,12,13). The summed E-state index contributed by atoms with van der Waals surface area (Å²) in [6.07, 6.45) is 0.967. The lowest BCUT2D eigenvalue weighted by molar-refractivity contribution is 0.693. The molecule has 0 spiro atoms. The highest BCUT2D eigenvalue weighted by atomic mass is 15.2. The van der Waals surface area contributed by atoms with Gasteiger partial charge in [0, 0.05) is 6.54 Å². The highest BCUT2D eigenvalue weighted by molar-refractivity contribution is 5.79. The maximum absolute atomic E-state index is 5.52. The molecule has 1 aromatic carbocycles. The molecule has 1 unspecified atom stereocenters. The molecular formula is C10H13N3. The number of guanidine groups is 1. The molecule has 68 valence electrons. The third-order valence-electron chi connectivity index (χ3n) is 2.15. The van der Waals surface area contributed by atoms with Gasteiger partial charge in [-0.2, -0.15) is 0 Å². The molecule has 2 rings (SSSR count). The first-order valence-electron chi connectivity index (χ1n) is 4.45. The normalized spacial score (nSPS) is 20.9. The van der Waals surface area contributed by atoms with Crippen molar-refractivity contribution in [3.63, 3.8) is 0 Å². The van der Waals surface area contributed by atoms with Crippen molar-refractivity contribution < 1.29 is 0 Å². The minimum absolute atomic E-state index is 0.308. The predicted octanol–water partition coefficient (Wildman–Crippen LogP) is 0.516. The van der Waals surface area contributed by atoms with E-state index in [0.29, 0.717) is 12.0 Å². The fourth-order valence-corrected chi connectivity index (χ4v) is 1.51. The summed E-state index contributed by atoms with van der Waals surface area (Å²) in [5, 5.41) is 3.02. The molecule has 0 fully saturated rings. The second kappa shape index (κ2) is 3.47. The molecule has 3 nitrogen and oxygen atoms in total. The predicted molar refractivity (Wildman–Crippen MR) is 53.6 cm³/mol. The Morgan fingerprint density at radius 3 is 2.77 bits per heavy atom. The molecule has 1 aromatic rings. The van der Waals surface area contributed by atoms with Crippen LogP contribution < -0.4 is 11.1 Å². The van der Waals surface area contributed by atoms with Crippen molar-refractivity contribution in [3.8, 4) is 0 Å². The Morgan fingerprint density at radius 2 is 2.15 bits per heavy atom. The third-order valence-corrected chi connectivity index (χ3v) is 2.15. The average molecular weight is 175 g/mol. The lowest BCUT2D eigenvalue weighted by atomic mass is 10.1. The van der Waals surface area contributed by atoms with E-state index in [1.165, 1.54) is 5.56 Å². The zero-order valence-corrected chi connectivity index (χ0v) is 7.40. The van der Waals surface area contributed by atoms with Gasteiger partial charge in [-0.25, -0.2) is 4.99 Å². The summed E-state index contributed by atoms with van der Waals surface area (Å²) in [7, 11) is 0. The van der Waals surface area contributed by atoms with Gasteiger partial charge in [-0.15, -0.1) is 0 Å². The lowest BCUT2D eigenvalue weighted by Gasteiger charge is -2.04. The Bertz CT molecular complexity index is 305. The van der Waals surface area contributed by atoms with Gasteiger partial charge in [0.25, 0.3) is 0 Å². The number of benzene rings is 1. The third kappa shape index (κ3) is 1.99. The highest BCUT2D eigenvalue weighted by Gasteiger charge is 2.14. The molecule has 1 aliphatic rings. The number of hydrogen-bond acceptors (Lipinski definition) is 3. The van der Waals surface area contributed by atoms with Crippen LogP contribution >= 0.6 is 0 Å². The summed E-state index contributed by atoms with van der Waals surface area (Å²) >= 11 is 0. The van der Waals surface area contributed by atoms with E-state index in [2.05, 4.69) is 22.4 Å². The van der Waals surface area contributed by atoms with Gasteiger partial charge in [0.15, 0.2) is 5.96 Å². The summed E-state index contributed by atoms with van der Waals surface area (Å²) in [6, 6.07) is 10.7. The fourth-order valence-electron chi connectivity index (χ4n) is 1.51. The van der Waals surface area contributed by atoms with E-state index in [1.54, 1.807) is 0 Å². The summed E-state index contributed by atoms with van der Waals surface area (Å²) in [6.45, 7) is 0.862. The number of aliphatic imine (C=N–C) groups is 1. The number of nitrogens with two attached hydrogens (primary N) is 1. The molecule has 0 radical (unpaired) electrons. The Hall–Kier alpha value is -1.51. The van der Waals surface area contributed by atoms with Crippen molar-refractivity contribution in [2.24, 2.45) is 10.7 Å². The Kier molecular flexibility index (Phi) is 2.17. The Morgan fingerprint density at radius 1 is 1.38 bits per heavy atom. The first-order valence-corrected chi connectivity index (χ1v) is 4.45. The van der Waals surface area contributed by atoms with Crippen LogP contribution in [0.5, 0.6) is 0 Å². The van der Waals surface area contributed by atoms with Gasteiger partial charge in [-0.3, -0.25) is 0 Å². The second-order valence-corrected chi connectivity index (χ2v) is 3.24. The van der Waals surface area contributed by atoms with Gasteiger partial charge in [0.2, 0.25) is 0 Å². The van der Waals surface area contributed by atoms with Crippen molar-refractivity contribution in [3.05, 3.63) is 35.9 Å². The first kappa shape index (κ1) is 8.10. The fraction of sp³-hybridized carbons (Fsp3) is 0.300. The number of nitrogens with zero attached hydrogens (tertiary/aromatic N) is 1. The summed E-state index contributed by atoms with van der Waals surface area (Å²) in [5.74, 6) is 0.570. The van der Waals surface area contributed by atoms with Gasteiger partial charge in [0.05, 0.1) is 6.04 Å². The van der Waals surface area contributed by atoms with Gasteiger partial charge in [-0.1, -0.05) is 30.3 Å². The van der Waals surface area contributed by atoms with E-state index in [1.807, 2.05) is 18.2 Å². The molecule has 3 heteroatoms. The van der Waals surface area contributed by atoms with Crippen LogP contribution in [-0.2, 0) is 6.42 Å². The topological polar surface area (TPSA) is 50.4 Å². The van der Waals surface area contributed by atoms with Crippen LogP contribution in [0.25, 0.3) is 0 Å². The lowest BCUT2D eigenvalue weighted by Crippen LogP contribution is -2.27. The monoisotopic (exact) mass is 175 g/mol. The summed E-state index contributed by atoms with van der Waals surface area (Å²) in [5.41, 5.74) is 6.83. The van der Waals surface area contributed by atoms with Crippen molar-refractivity contribution >= 4 is 5.96 Å². The van der Waals surface area contributed by atoms with Crippen LogP contribution in [0.1, 0.15) is 5.56 Å². The molecule has 0 saturated heterocycles. The molecule has 0 amide bonds. The van der Waals surface area contributed by atoms with E-state index >= 15 is 0 Å². The highest BCUT2D eigenvalue weighted by Crippen LogP contribution is 2.07. The Labute approximate surface area is 77.7 Å². The molecule has 0 aliphatic carbocycles. The van der Waals surface area contributed by atoms with Gasteiger partial charge >= 0.3 is 0 Å². The van der Waals surface area contributed by atoms with Crippen LogP contribution in [-0.4, -0.2) is 18.5 Å². The summed E-state index contributed by atoms with van der Waals surface area (Å²) in [4.78, 5) is 4.27. The second-order valence-electron chi connectivity index (χ2n) is 3.24. The zero-order chi connectivity index (χ0) is 9.10. The van der Waals surface area contributed by atoms with Crippen molar-refractivity contribution in [1.29, 1.82) is 0 Å². The first-order chi connectivity index (χ1) is 6.34. The smallest absolute Gasteiger partial charge is 0.189 e. The maximum Gasteiger partial charge on any atom is 0.189 e. The Balaban J connectivity index is 2.00. The van der Waals surface area contributed by atoms with E-state index in [4.69, 9.17) is 5.73 Å². The summed E-state index contributed by atoms with van der Waals surface area (Å²) < 4.78 is 0. The van der Waals surface area contributed by atoms with Crippen molar-refractivity contribution in [2.75, 3.05) is 6.54 Å². The van der Waals surface area contributed by atoms with Crippen molar-refractivity contribution in [1.82, 2.24) is 5.32 Å². The maximum atomic E-state index is 5.52. The van der Waals surface area contributed by atoms with Crippen LogP contribution in [0.2, 0.25) is 0 Å². The zero-order valence-electron chi connectivity index (χ0n) is 7.40. The van der Waals surface area contributed by atoms with E-state index in [-0.39, 0.29) is 0 Å². The van der Waals surface area contributed by atoms with Crippen LogP contribution in [0.3, 0.4) is 0 Å². The minimum atomic E-state index is 0.308. The van der Waals surface area contributed by atoms with Crippen molar-refractivity contribution in [2.45, 2.75) is 12.5 Å².